The second-order valence-electron chi connectivity index (χ2n) is 6.22. The molecule has 0 unspecified atom stereocenters. The van der Waals surface area contributed by atoms with E-state index in [1.807, 2.05) is 0 Å². The molecule has 2 aromatic carbocycles. The summed E-state index contributed by atoms with van der Waals surface area (Å²) in [5.74, 6) is -1.30. The molecule has 0 radical (unpaired) electrons. The SMILES string of the molecule is C[C@](O)(CCc1ccc(F)cc1)C(=O)Nc1ccc(C#N)c(C(F)(F)F)c1. The van der Waals surface area contributed by atoms with Crippen molar-refractivity contribution >= 4 is 11.6 Å². The lowest BCUT2D eigenvalue weighted by atomic mass is 9.95. The first-order chi connectivity index (χ1) is 12.5. The standard InChI is InChI=1S/C19H16F4N2O2/c1-18(27,9-8-12-2-5-14(20)6-3-12)17(26)25-15-7-4-13(11-24)16(10-15)19(21,22)23/h2-7,10,27H,8-9H2,1H3,(H,25,26)/t18-/m0/s1. The predicted octanol–water partition coefficient (Wildman–Crippen LogP) is 4.04. The molecule has 0 saturated heterocycles. The molecule has 142 valence electrons. The van der Waals surface area contributed by atoms with E-state index < -0.39 is 34.6 Å². The number of hydrogen-bond donors (Lipinski definition) is 2. The van der Waals surface area contributed by atoms with Gasteiger partial charge in [-0.3, -0.25) is 4.79 Å². The summed E-state index contributed by atoms with van der Waals surface area (Å²) < 4.78 is 51.8. The summed E-state index contributed by atoms with van der Waals surface area (Å²) in [7, 11) is 0. The fourth-order valence-electron chi connectivity index (χ4n) is 2.37. The highest BCUT2D eigenvalue weighted by molar-refractivity contribution is 5.97. The van der Waals surface area contributed by atoms with Crippen LogP contribution in [0.15, 0.2) is 42.5 Å². The molecule has 0 saturated carbocycles. The minimum Gasteiger partial charge on any atom is -0.380 e. The Morgan fingerprint density at radius 1 is 1.19 bits per heavy atom. The molecule has 0 heterocycles. The molecule has 8 heteroatoms. The number of carbonyl (C=O) groups is 1. The summed E-state index contributed by atoms with van der Waals surface area (Å²) in [6.45, 7) is 1.24. The highest BCUT2D eigenvalue weighted by Gasteiger charge is 2.35. The molecule has 2 rings (SSSR count). The number of carbonyl (C=O) groups excluding carboxylic acids is 1. The Balaban J connectivity index is 2.11. The van der Waals surface area contributed by atoms with E-state index in [-0.39, 0.29) is 18.5 Å². The quantitative estimate of drug-likeness (QED) is 0.769. The molecule has 0 aliphatic rings. The Bertz CT molecular complexity index is 869. The molecule has 2 aromatic rings. The monoisotopic (exact) mass is 380 g/mol. The fraction of sp³-hybridized carbons (Fsp3) is 0.263. The number of alkyl halides is 3. The molecule has 2 N–H and O–H groups in total. The largest absolute Gasteiger partial charge is 0.417 e. The van der Waals surface area contributed by atoms with Crippen LogP contribution in [-0.2, 0) is 17.4 Å². The van der Waals surface area contributed by atoms with Gasteiger partial charge in [0, 0.05) is 5.69 Å². The number of aliphatic hydroxyl groups is 1. The molecule has 0 aliphatic heterocycles. The van der Waals surface area contributed by atoms with Crippen LogP contribution >= 0.6 is 0 Å². The highest BCUT2D eigenvalue weighted by atomic mass is 19.4. The molecule has 4 nitrogen and oxygen atoms in total. The average Bonchev–Trinajstić information content (AvgIpc) is 2.60. The number of halogens is 4. The number of nitrogens with zero attached hydrogens (tertiary/aromatic N) is 1. The third-order valence-corrected chi connectivity index (χ3v) is 4.01. The van der Waals surface area contributed by atoms with Crippen LogP contribution in [0.1, 0.15) is 30.0 Å². The van der Waals surface area contributed by atoms with E-state index in [1.54, 1.807) is 0 Å². The lowest BCUT2D eigenvalue weighted by Gasteiger charge is -2.22. The van der Waals surface area contributed by atoms with E-state index in [0.717, 1.165) is 12.1 Å². The Kier molecular flexibility index (Phi) is 5.86. The number of benzene rings is 2. The Hall–Kier alpha value is -2.92. The van der Waals surface area contributed by atoms with E-state index in [4.69, 9.17) is 5.26 Å². The van der Waals surface area contributed by atoms with Crippen LogP contribution in [0.2, 0.25) is 0 Å². The van der Waals surface area contributed by atoms with Crippen molar-refractivity contribution in [1.29, 1.82) is 5.26 Å². The van der Waals surface area contributed by atoms with Gasteiger partial charge in [0.15, 0.2) is 0 Å². The minimum absolute atomic E-state index is 0.0210. The zero-order valence-corrected chi connectivity index (χ0v) is 14.3. The molecular weight excluding hydrogens is 364 g/mol. The summed E-state index contributed by atoms with van der Waals surface area (Å²) >= 11 is 0. The van der Waals surface area contributed by atoms with Crippen LogP contribution in [0.25, 0.3) is 0 Å². The summed E-state index contributed by atoms with van der Waals surface area (Å²) in [4.78, 5) is 12.3. The molecular formula is C19H16F4N2O2. The highest BCUT2D eigenvalue weighted by Crippen LogP contribution is 2.33. The number of nitrogens with one attached hydrogen (secondary N) is 1. The zero-order valence-electron chi connectivity index (χ0n) is 14.3. The second-order valence-corrected chi connectivity index (χ2v) is 6.22. The number of rotatable bonds is 5. The van der Waals surface area contributed by atoms with Gasteiger partial charge in [-0.1, -0.05) is 12.1 Å². The van der Waals surface area contributed by atoms with Gasteiger partial charge in [0.1, 0.15) is 11.4 Å². The first kappa shape index (κ1) is 20.4. The molecule has 0 bridgehead atoms. The second kappa shape index (κ2) is 7.76. The fourth-order valence-corrected chi connectivity index (χ4v) is 2.37. The zero-order chi connectivity index (χ0) is 20.2. The van der Waals surface area contributed by atoms with Crippen LogP contribution in [0.5, 0.6) is 0 Å². The summed E-state index contributed by atoms with van der Waals surface area (Å²) in [5.41, 5.74) is -3.09. The first-order valence-corrected chi connectivity index (χ1v) is 7.92. The van der Waals surface area contributed by atoms with E-state index in [2.05, 4.69) is 5.32 Å². The van der Waals surface area contributed by atoms with Gasteiger partial charge in [0.25, 0.3) is 5.91 Å². The predicted molar refractivity (Wildman–Crippen MR) is 90.1 cm³/mol. The minimum atomic E-state index is -4.75. The van der Waals surface area contributed by atoms with Crippen molar-refractivity contribution in [3.63, 3.8) is 0 Å². The van der Waals surface area contributed by atoms with Crippen LogP contribution < -0.4 is 5.32 Å². The number of aryl methyl sites for hydroxylation is 1. The van der Waals surface area contributed by atoms with E-state index in [0.29, 0.717) is 11.6 Å². The third kappa shape index (κ3) is 5.28. The number of nitriles is 1. The van der Waals surface area contributed by atoms with Crippen molar-refractivity contribution in [2.24, 2.45) is 0 Å². The first-order valence-electron chi connectivity index (χ1n) is 7.92. The molecule has 27 heavy (non-hydrogen) atoms. The topological polar surface area (TPSA) is 73.1 Å². The van der Waals surface area contributed by atoms with Crippen molar-refractivity contribution < 1.29 is 27.5 Å². The van der Waals surface area contributed by atoms with Gasteiger partial charge < -0.3 is 10.4 Å². The smallest absolute Gasteiger partial charge is 0.380 e. The summed E-state index contributed by atoms with van der Waals surface area (Å²) in [6.07, 6.45) is -4.51. The maximum absolute atomic E-state index is 13.0. The Morgan fingerprint density at radius 2 is 1.81 bits per heavy atom. The van der Waals surface area contributed by atoms with Crippen molar-refractivity contribution in [3.8, 4) is 6.07 Å². The summed E-state index contributed by atoms with van der Waals surface area (Å²) in [6, 6.07) is 9.72. The van der Waals surface area contributed by atoms with Crippen molar-refractivity contribution in [3.05, 3.63) is 65.0 Å². The van der Waals surface area contributed by atoms with Gasteiger partial charge in [-0.2, -0.15) is 18.4 Å². The third-order valence-electron chi connectivity index (χ3n) is 4.01. The maximum Gasteiger partial charge on any atom is 0.417 e. The molecule has 0 aromatic heterocycles. The lowest BCUT2D eigenvalue weighted by molar-refractivity contribution is -0.138. The van der Waals surface area contributed by atoms with Gasteiger partial charge in [-0.05, 0) is 55.7 Å². The normalized spacial score (nSPS) is 13.5. The van der Waals surface area contributed by atoms with Crippen molar-refractivity contribution in [2.45, 2.75) is 31.5 Å². The number of amides is 1. The molecule has 1 atom stereocenters. The van der Waals surface area contributed by atoms with E-state index >= 15 is 0 Å². The number of hydrogen-bond acceptors (Lipinski definition) is 3. The Morgan fingerprint density at radius 3 is 2.37 bits per heavy atom. The van der Waals surface area contributed by atoms with Gasteiger partial charge in [0.05, 0.1) is 17.2 Å². The molecule has 0 aliphatic carbocycles. The van der Waals surface area contributed by atoms with Gasteiger partial charge in [-0.25, -0.2) is 4.39 Å². The lowest BCUT2D eigenvalue weighted by Crippen LogP contribution is -2.40. The van der Waals surface area contributed by atoms with Crippen molar-refractivity contribution in [1.82, 2.24) is 0 Å². The van der Waals surface area contributed by atoms with Crippen LogP contribution in [0, 0.1) is 17.1 Å². The molecule has 0 fully saturated rings. The summed E-state index contributed by atoms with van der Waals surface area (Å²) in [5, 5.41) is 21.3. The molecule has 0 spiro atoms. The molecule has 1 amide bonds. The van der Waals surface area contributed by atoms with Crippen LogP contribution in [0.4, 0.5) is 23.2 Å². The Labute approximate surface area is 153 Å². The van der Waals surface area contributed by atoms with E-state index in [1.165, 1.54) is 37.3 Å². The van der Waals surface area contributed by atoms with Gasteiger partial charge in [-0.15, -0.1) is 0 Å². The average molecular weight is 380 g/mol. The maximum atomic E-state index is 13.0. The van der Waals surface area contributed by atoms with Gasteiger partial charge in [0.2, 0.25) is 0 Å². The van der Waals surface area contributed by atoms with Crippen LogP contribution in [0.3, 0.4) is 0 Å². The van der Waals surface area contributed by atoms with Crippen LogP contribution in [-0.4, -0.2) is 16.6 Å². The van der Waals surface area contributed by atoms with Gasteiger partial charge >= 0.3 is 6.18 Å². The number of anilines is 1. The van der Waals surface area contributed by atoms with E-state index in [9.17, 15) is 27.5 Å². The van der Waals surface area contributed by atoms with Crippen molar-refractivity contribution in [2.75, 3.05) is 5.32 Å².